The first-order chi connectivity index (χ1) is 7.56. The average molecular weight is 243 g/mol. The summed E-state index contributed by atoms with van der Waals surface area (Å²) in [5.74, 6) is 0.256. The lowest BCUT2D eigenvalue weighted by molar-refractivity contribution is -0.118. The Bertz CT molecular complexity index is 371. The minimum Gasteiger partial charge on any atom is -0.299 e. The SMILES string of the molecule is CCCCCC(=O)Cc1c(C)nn(C)c1Cl. The highest BCUT2D eigenvalue weighted by atomic mass is 35.5. The van der Waals surface area contributed by atoms with Gasteiger partial charge in [-0.2, -0.15) is 5.10 Å². The van der Waals surface area contributed by atoms with E-state index in [9.17, 15) is 4.79 Å². The maximum Gasteiger partial charge on any atom is 0.137 e. The topological polar surface area (TPSA) is 34.9 Å². The van der Waals surface area contributed by atoms with Crippen molar-refractivity contribution in [3.05, 3.63) is 16.4 Å². The van der Waals surface area contributed by atoms with Gasteiger partial charge in [0.15, 0.2) is 0 Å². The van der Waals surface area contributed by atoms with Gasteiger partial charge in [0, 0.05) is 25.5 Å². The lowest BCUT2D eigenvalue weighted by atomic mass is 10.1. The van der Waals surface area contributed by atoms with E-state index in [0.29, 0.717) is 18.0 Å². The van der Waals surface area contributed by atoms with Crippen LogP contribution in [0.3, 0.4) is 0 Å². The maximum absolute atomic E-state index is 11.7. The van der Waals surface area contributed by atoms with Crippen molar-refractivity contribution in [1.82, 2.24) is 9.78 Å². The molecule has 0 aromatic carbocycles. The van der Waals surface area contributed by atoms with Crippen LogP contribution in [0.2, 0.25) is 5.15 Å². The molecule has 0 amide bonds. The van der Waals surface area contributed by atoms with Crippen molar-refractivity contribution < 1.29 is 4.79 Å². The summed E-state index contributed by atoms with van der Waals surface area (Å²) < 4.78 is 1.62. The zero-order valence-corrected chi connectivity index (χ0v) is 11.0. The van der Waals surface area contributed by atoms with Crippen LogP contribution in [-0.2, 0) is 18.3 Å². The highest BCUT2D eigenvalue weighted by molar-refractivity contribution is 6.30. The molecule has 0 aliphatic carbocycles. The molecule has 3 nitrogen and oxygen atoms in total. The summed E-state index contributed by atoms with van der Waals surface area (Å²) in [7, 11) is 1.79. The largest absolute Gasteiger partial charge is 0.299 e. The van der Waals surface area contributed by atoms with Crippen molar-refractivity contribution >= 4 is 17.4 Å². The van der Waals surface area contributed by atoms with E-state index in [-0.39, 0.29) is 5.78 Å². The van der Waals surface area contributed by atoms with Crippen molar-refractivity contribution in [3.8, 4) is 0 Å². The highest BCUT2D eigenvalue weighted by Gasteiger charge is 2.14. The van der Waals surface area contributed by atoms with Crippen LogP contribution in [0.25, 0.3) is 0 Å². The molecule has 1 heterocycles. The third-order valence-corrected chi connectivity index (χ3v) is 3.18. The van der Waals surface area contributed by atoms with Gasteiger partial charge < -0.3 is 0 Å². The molecule has 1 aromatic heterocycles. The van der Waals surface area contributed by atoms with Gasteiger partial charge in [0.1, 0.15) is 10.9 Å². The van der Waals surface area contributed by atoms with E-state index in [1.54, 1.807) is 11.7 Å². The van der Waals surface area contributed by atoms with Crippen LogP contribution in [0.4, 0.5) is 0 Å². The number of nitrogens with zero attached hydrogens (tertiary/aromatic N) is 2. The van der Waals surface area contributed by atoms with Crippen LogP contribution in [0, 0.1) is 6.92 Å². The van der Waals surface area contributed by atoms with Crippen LogP contribution in [0.5, 0.6) is 0 Å². The van der Waals surface area contributed by atoms with E-state index in [0.717, 1.165) is 30.5 Å². The summed E-state index contributed by atoms with van der Waals surface area (Å²) in [5, 5.41) is 4.78. The third-order valence-electron chi connectivity index (χ3n) is 2.70. The van der Waals surface area contributed by atoms with Crippen molar-refractivity contribution in [2.24, 2.45) is 7.05 Å². The summed E-state index contributed by atoms with van der Waals surface area (Å²) >= 11 is 6.07. The van der Waals surface area contributed by atoms with Crippen LogP contribution in [0.15, 0.2) is 0 Å². The smallest absolute Gasteiger partial charge is 0.137 e. The minimum atomic E-state index is 0.256. The number of rotatable bonds is 6. The quantitative estimate of drug-likeness (QED) is 0.719. The molecule has 90 valence electrons. The van der Waals surface area contributed by atoms with E-state index in [4.69, 9.17) is 11.6 Å². The first-order valence-corrected chi connectivity index (χ1v) is 6.13. The zero-order valence-electron chi connectivity index (χ0n) is 10.2. The molecule has 0 unspecified atom stereocenters. The average Bonchev–Trinajstić information content (AvgIpc) is 2.46. The van der Waals surface area contributed by atoms with Crippen molar-refractivity contribution in [2.45, 2.75) is 46.0 Å². The Morgan fingerprint density at radius 2 is 2.12 bits per heavy atom. The molecule has 1 aromatic rings. The Labute approximate surface area is 102 Å². The lowest BCUT2D eigenvalue weighted by Crippen LogP contribution is -2.03. The van der Waals surface area contributed by atoms with Crippen LogP contribution < -0.4 is 0 Å². The number of unbranched alkanes of at least 4 members (excludes halogenated alkanes) is 2. The number of ketones is 1. The van der Waals surface area contributed by atoms with E-state index >= 15 is 0 Å². The number of aryl methyl sites for hydroxylation is 2. The molecule has 0 aliphatic heterocycles. The van der Waals surface area contributed by atoms with Gasteiger partial charge in [0.2, 0.25) is 0 Å². The Morgan fingerprint density at radius 3 is 2.62 bits per heavy atom. The van der Waals surface area contributed by atoms with Gasteiger partial charge in [0.25, 0.3) is 0 Å². The molecule has 16 heavy (non-hydrogen) atoms. The zero-order chi connectivity index (χ0) is 12.1. The van der Waals surface area contributed by atoms with Crippen molar-refractivity contribution in [1.29, 1.82) is 0 Å². The van der Waals surface area contributed by atoms with Gasteiger partial charge in [-0.1, -0.05) is 31.4 Å². The van der Waals surface area contributed by atoms with Gasteiger partial charge in [0.05, 0.1) is 5.69 Å². The van der Waals surface area contributed by atoms with E-state index in [1.807, 2.05) is 6.92 Å². The molecule has 0 N–H and O–H groups in total. The van der Waals surface area contributed by atoms with E-state index < -0.39 is 0 Å². The van der Waals surface area contributed by atoms with Gasteiger partial charge >= 0.3 is 0 Å². The molecule has 0 atom stereocenters. The second-order valence-corrected chi connectivity index (χ2v) is 4.51. The van der Waals surface area contributed by atoms with Gasteiger partial charge in [-0.15, -0.1) is 0 Å². The second-order valence-electron chi connectivity index (χ2n) is 4.15. The number of Topliss-reactive ketones (excluding diaryl/α,β-unsaturated/α-hetero) is 1. The fourth-order valence-electron chi connectivity index (χ4n) is 1.73. The van der Waals surface area contributed by atoms with Crippen molar-refractivity contribution in [2.75, 3.05) is 0 Å². The molecule has 0 spiro atoms. The third kappa shape index (κ3) is 3.34. The number of hydrogen-bond acceptors (Lipinski definition) is 2. The predicted octanol–water partition coefficient (Wildman–Crippen LogP) is 3.07. The molecular formula is C12H19ClN2O. The number of aromatic nitrogens is 2. The Kier molecular flexibility index (Phi) is 5.00. The summed E-state index contributed by atoms with van der Waals surface area (Å²) in [4.78, 5) is 11.7. The fraction of sp³-hybridized carbons (Fsp3) is 0.667. The Morgan fingerprint density at radius 1 is 1.44 bits per heavy atom. The Hall–Kier alpha value is -0.830. The molecule has 0 bridgehead atoms. The Balaban J connectivity index is 2.56. The first-order valence-electron chi connectivity index (χ1n) is 5.76. The highest BCUT2D eigenvalue weighted by Crippen LogP contribution is 2.20. The number of hydrogen-bond donors (Lipinski definition) is 0. The standard InChI is InChI=1S/C12H19ClN2O/c1-4-5-6-7-10(16)8-11-9(2)14-15(3)12(11)13/h4-8H2,1-3H3. The number of carbonyl (C=O) groups is 1. The molecule has 0 fully saturated rings. The van der Waals surface area contributed by atoms with Crippen LogP contribution >= 0.6 is 11.6 Å². The molecule has 0 saturated heterocycles. The van der Waals surface area contributed by atoms with Crippen LogP contribution in [0.1, 0.15) is 43.9 Å². The van der Waals surface area contributed by atoms with Crippen molar-refractivity contribution in [3.63, 3.8) is 0 Å². The summed E-state index contributed by atoms with van der Waals surface area (Å²) in [5.41, 5.74) is 1.74. The summed E-state index contributed by atoms with van der Waals surface area (Å²) in [6.07, 6.45) is 4.30. The molecule has 0 saturated carbocycles. The van der Waals surface area contributed by atoms with Gasteiger partial charge in [-0.3, -0.25) is 9.48 Å². The van der Waals surface area contributed by atoms with Gasteiger partial charge in [-0.05, 0) is 13.3 Å². The van der Waals surface area contributed by atoms with Crippen LogP contribution in [-0.4, -0.2) is 15.6 Å². The molecule has 4 heteroatoms. The summed E-state index contributed by atoms with van der Waals surface area (Å²) in [6, 6.07) is 0. The number of carbonyl (C=O) groups excluding carboxylic acids is 1. The minimum absolute atomic E-state index is 0.256. The van der Waals surface area contributed by atoms with E-state index in [2.05, 4.69) is 12.0 Å². The van der Waals surface area contributed by atoms with Gasteiger partial charge in [-0.25, -0.2) is 0 Å². The molecule has 1 rings (SSSR count). The second kappa shape index (κ2) is 6.04. The first kappa shape index (κ1) is 13.2. The predicted molar refractivity (Wildman–Crippen MR) is 65.8 cm³/mol. The lowest BCUT2D eigenvalue weighted by Gasteiger charge is -2.00. The normalized spacial score (nSPS) is 10.8. The maximum atomic E-state index is 11.7. The fourth-order valence-corrected chi connectivity index (χ4v) is 1.97. The number of halogens is 1. The molecule has 0 aliphatic rings. The monoisotopic (exact) mass is 242 g/mol. The molecular weight excluding hydrogens is 224 g/mol. The van der Waals surface area contributed by atoms with E-state index in [1.165, 1.54) is 0 Å². The summed E-state index contributed by atoms with van der Waals surface area (Å²) in [6.45, 7) is 4.02. The molecule has 0 radical (unpaired) electrons.